The van der Waals surface area contributed by atoms with Gasteiger partial charge in [0.2, 0.25) is 0 Å². The Labute approximate surface area is 162 Å². The van der Waals surface area contributed by atoms with E-state index >= 15 is 0 Å². The normalized spacial score (nSPS) is 15.7. The molecule has 1 aromatic carbocycles. The molecule has 0 aromatic heterocycles. The molecule has 5 nitrogen and oxygen atoms in total. The Bertz CT molecular complexity index is 564. The summed E-state index contributed by atoms with van der Waals surface area (Å²) in [6.45, 7) is 3.88. The maximum absolute atomic E-state index is 11.7. The molecule has 2 rings (SSSR count). The van der Waals surface area contributed by atoms with Crippen LogP contribution in [0.1, 0.15) is 48.5 Å². The van der Waals surface area contributed by atoms with E-state index in [1.165, 1.54) is 25.7 Å². The third kappa shape index (κ3) is 5.36. The minimum atomic E-state index is -0.0655. The van der Waals surface area contributed by atoms with Gasteiger partial charge in [-0.05, 0) is 42.4 Å². The molecule has 1 saturated carbocycles. The summed E-state index contributed by atoms with van der Waals surface area (Å²) >= 11 is 0. The number of carbonyl (C=O) groups excluding carboxylic acids is 1. The summed E-state index contributed by atoms with van der Waals surface area (Å²) in [5, 5.41) is 9.41. The standard InChI is InChI=1S/C18H28N4O.HI/c1-4-18(9-6-10-18)13-22-17(20-3)21-12-14-7-5-8-15(11-14)16(23)19-2;/h5,7-8,11H,4,6,9-10,12-13H2,1-3H3,(H,19,23)(H2,20,21,22);1H. The van der Waals surface area contributed by atoms with Crippen LogP contribution in [0.15, 0.2) is 29.3 Å². The highest BCUT2D eigenvalue weighted by Gasteiger charge is 2.34. The van der Waals surface area contributed by atoms with Crippen molar-refractivity contribution in [1.29, 1.82) is 0 Å². The van der Waals surface area contributed by atoms with Gasteiger partial charge in [-0.15, -0.1) is 24.0 Å². The van der Waals surface area contributed by atoms with Gasteiger partial charge in [-0.2, -0.15) is 0 Å². The van der Waals surface area contributed by atoms with Crippen molar-refractivity contribution in [3.63, 3.8) is 0 Å². The molecular weight excluding hydrogens is 415 g/mol. The lowest BCUT2D eigenvalue weighted by Crippen LogP contribution is -2.46. The van der Waals surface area contributed by atoms with Crippen LogP contribution < -0.4 is 16.0 Å². The van der Waals surface area contributed by atoms with E-state index in [1.807, 2.05) is 24.3 Å². The molecule has 0 spiro atoms. The lowest BCUT2D eigenvalue weighted by molar-refractivity contribution is 0.0963. The van der Waals surface area contributed by atoms with Crippen LogP contribution in [0.4, 0.5) is 0 Å². The molecule has 0 saturated heterocycles. The number of hydrogen-bond acceptors (Lipinski definition) is 2. The van der Waals surface area contributed by atoms with E-state index in [1.54, 1.807) is 14.1 Å². The van der Waals surface area contributed by atoms with Crippen molar-refractivity contribution in [3.05, 3.63) is 35.4 Å². The molecule has 1 fully saturated rings. The van der Waals surface area contributed by atoms with Gasteiger partial charge in [0.15, 0.2) is 5.96 Å². The summed E-state index contributed by atoms with van der Waals surface area (Å²) in [6, 6.07) is 7.62. The van der Waals surface area contributed by atoms with Gasteiger partial charge >= 0.3 is 0 Å². The van der Waals surface area contributed by atoms with Crippen LogP contribution >= 0.6 is 24.0 Å². The number of rotatable bonds is 6. The molecule has 1 aliphatic rings. The zero-order chi connectivity index (χ0) is 16.7. The minimum absolute atomic E-state index is 0. The Kier molecular flexibility index (Phi) is 8.52. The van der Waals surface area contributed by atoms with Crippen molar-refractivity contribution in [1.82, 2.24) is 16.0 Å². The van der Waals surface area contributed by atoms with Crippen LogP contribution in [0, 0.1) is 5.41 Å². The van der Waals surface area contributed by atoms with Gasteiger partial charge < -0.3 is 16.0 Å². The topological polar surface area (TPSA) is 65.5 Å². The average molecular weight is 444 g/mol. The largest absolute Gasteiger partial charge is 0.356 e. The second-order valence-corrected chi connectivity index (χ2v) is 6.27. The van der Waals surface area contributed by atoms with Gasteiger partial charge in [-0.25, -0.2) is 0 Å². The number of carbonyl (C=O) groups is 1. The van der Waals surface area contributed by atoms with E-state index in [9.17, 15) is 4.79 Å². The molecule has 0 unspecified atom stereocenters. The third-order valence-corrected chi connectivity index (χ3v) is 4.89. The van der Waals surface area contributed by atoms with Crippen molar-refractivity contribution in [2.24, 2.45) is 10.4 Å². The van der Waals surface area contributed by atoms with Crippen LogP contribution in [0.2, 0.25) is 0 Å². The van der Waals surface area contributed by atoms with Gasteiger partial charge in [0.25, 0.3) is 5.91 Å². The van der Waals surface area contributed by atoms with Crippen molar-refractivity contribution in [2.75, 3.05) is 20.6 Å². The van der Waals surface area contributed by atoms with E-state index in [0.717, 1.165) is 18.1 Å². The predicted molar refractivity (Wildman–Crippen MR) is 110 cm³/mol. The average Bonchev–Trinajstić information content (AvgIpc) is 2.56. The van der Waals surface area contributed by atoms with Gasteiger partial charge in [0.1, 0.15) is 0 Å². The molecule has 134 valence electrons. The van der Waals surface area contributed by atoms with E-state index in [2.05, 4.69) is 27.9 Å². The van der Waals surface area contributed by atoms with E-state index in [4.69, 9.17) is 0 Å². The summed E-state index contributed by atoms with van der Waals surface area (Å²) in [7, 11) is 3.43. The summed E-state index contributed by atoms with van der Waals surface area (Å²) < 4.78 is 0. The number of benzene rings is 1. The molecule has 0 aliphatic heterocycles. The first-order valence-electron chi connectivity index (χ1n) is 8.38. The first-order valence-corrected chi connectivity index (χ1v) is 8.38. The van der Waals surface area contributed by atoms with Crippen LogP contribution in [-0.2, 0) is 6.54 Å². The number of nitrogens with one attached hydrogen (secondary N) is 3. The molecule has 0 bridgehead atoms. The number of aliphatic imine (C=N–C) groups is 1. The summed E-state index contributed by atoms with van der Waals surface area (Å²) in [6.07, 6.45) is 5.17. The number of amides is 1. The lowest BCUT2D eigenvalue weighted by Gasteiger charge is -2.41. The highest BCUT2D eigenvalue weighted by molar-refractivity contribution is 14.0. The SMILES string of the molecule is CCC1(CNC(=NC)NCc2cccc(C(=O)NC)c2)CCC1.I. The fourth-order valence-corrected chi connectivity index (χ4v) is 2.98. The number of guanidine groups is 1. The molecule has 0 radical (unpaired) electrons. The van der Waals surface area contributed by atoms with Crippen LogP contribution in [0.5, 0.6) is 0 Å². The molecule has 3 N–H and O–H groups in total. The van der Waals surface area contributed by atoms with Crippen molar-refractivity contribution < 1.29 is 4.79 Å². The highest BCUT2D eigenvalue weighted by Crippen LogP contribution is 2.42. The Hall–Kier alpha value is -1.31. The molecule has 1 aliphatic carbocycles. The minimum Gasteiger partial charge on any atom is -0.356 e. The Morgan fingerprint density at radius 1 is 1.29 bits per heavy atom. The second-order valence-electron chi connectivity index (χ2n) is 6.27. The van der Waals surface area contributed by atoms with Gasteiger partial charge in [-0.1, -0.05) is 25.5 Å². The van der Waals surface area contributed by atoms with Gasteiger partial charge in [0, 0.05) is 32.7 Å². The fraction of sp³-hybridized carbons (Fsp3) is 0.556. The predicted octanol–water partition coefficient (Wildman–Crippen LogP) is 2.91. The monoisotopic (exact) mass is 444 g/mol. The third-order valence-electron chi connectivity index (χ3n) is 4.89. The summed E-state index contributed by atoms with van der Waals surface area (Å²) in [5.74, 6) is 0.749. The highest BCUT2D eigenvalue weighted by atomic mass is 127. The fourth-order valence-electron chi connectivity index (χ4n) is 2.98. The Balaban J connectivity index is 0.00000288. The Morgan fingerprint density at radius 3 is 2.58 bits per heavy atom. The van der Waals surface area contributed by atoms with Crippen molar-refractivity contribution in [2.45, 2.75) is 39.2 Å². The smallest absolute Gasteiger partial charge is 0.251 e. The van der Waals surface area contributed by atoms with Crippen LogP contribution in [0.3, 0.4) is 0 Å². The van der Waals surface area contributed by atoms with Crippen LogP contribution in [-0.4, -0.2) is 32.5 Å². The number of nitrogens with zero attached hydrogens (tertiary/aromatic N) is 1. The second kappa shape index (κ2) is 9.86. The van der Waals surface area contributed by atoms with E-state index < -0.39 is 0 Å². The lowest BCUT2D eigenvalue weighted by atomic mass is 9.67. The van der Waals surface area contributed by atoms with Gasteiger partial charge in [0.05, 0.1) is 0 Å². The molecular formula is C18H29IN4O. The quantitative estimate of drug-likeness (QED) is 0.359. The zero-order valence-corrected chi connectivity index (χ0v) is 17.1. The van der Waals surface area contributed by atoms with E-state index in [-0.39, 0.29) is 29.9 Å². The Morgan fingerprint density at radius 2 is 2.04 bits per heavy atom. The zero-order valence-electron chi connectivity index (χ0n) is 14.8. The van der Waals surface area contributed by atoms with Gasteiger partial charge in [-0.3, -0.25) is 9.79 Å². The van der Waals surface area contributed by atoms with Crippen LogP contribution in [0.25, 0.3) is 0 Å². The maximum Gasteiger partial charge on any atom is 0.251 e. The molecule has 0 heterocycles. The molecule has 0 atom stereocenters. The number of hydrogen-bond donors (Lipinski definition) is 3. The molecule has 1 amide bonds. The first-order chi connectivity index (χ1) is 11.1. The maximum atomic E-state index is 11.7. The molecule has 6 heteroatoms. The molecule has 24 heavy (non-hydrogen) atoms. The molecule has 1 aromatic rings. The van der Waals surface area contributed by atoms with Crippen molar-refractivity contribution >= 4 is 35.8 Å². The number of halogens is 1. The first kappa shape index (κ1) is 20.7. The summed E-state index contributed by atoms with van der Waals surface area (Å²) in [5.41, 5.74) is 2.19. The summed E-state index contributed by atoms with van der Waals surface area (Å²) in [4.78, 5) is 16.0. The van der Waals surface area contributed by atoms with Crippen molar-refractivity contribution in [3.8, 4) is 0 Å². The van der Waals surface area contributed by atoms with E-state index in [0.29, 0.717) is 17.5 Å².